The van der Waals surface area contributed by atoms with Crippen LogP contribution in [-0.2, 0) is 9.59 Å². The molecule has 3 aromatic carbocycles. The van der Waals surface area contributed by atoms with Gasteiger partial charge in [-0.3, -0.25) is 14.5 Å². The van der Waals surface area contributed by atoms with Gasteiger partial charge in [0, 0.05) is 5.69 Å². The van der Waals surface area contributed by atoms with Crippen LogP contribution in [0.25, 0.3) is 17.2 Å². The van der Waals surface area contributed by atoms with E-state index in [1.807, 2.05) is 54.6 Å². The van der Waals surface area contributed by atoms with Gasteiger partial charge < -0.3 is 5.32 Å². The number of benzene rings is 3. The van der Waals surface area contributed by atoms with Crippen molar-refractivity contribution in [3.05, 3.63) is 95.1 Å². The molecule has 0 atom stereocenters. The van der Waals surface area contributed by atoms with Crippen molar-refractivity contribution in [2.24, 2.45) is 0 Å². The van der Waals surface area contributed by atoms with Gasteiger partial charge in [-0.05, 0) is 47.0 Å². The van der Waals surface area contributed by atoms with Crippen LogP contribution < -0.4 is 5.32 Å². The fraction of sp³-hybridized carbons (Fsp3) is 0.0417. The van der Waals surface area contributed by atoms with E-state index < -0.39 is 11.7 Å². The van der Waals surface area contributed by atoms with E-state index >= 15 is 0 Å². The summed E-state index contributed by atoms with van der Waals surface area (Å²) in [6.45, 7) is -0.202. The third kappa shape index (κ3) is 5.07. The van der Waals surface area contributed by atoms with Gasteiger partial charge in [0.05, 0.1) is 4.91 Å². The van der Waals surface area contributed by atoms with Crippen molar-refractivity contribution in [1.29, 1.82) is 0 Å². The second-order valence-electron chi connectivity index (χ2n) is 6.81. The molecule has 1 N–H and O–H groups in total. The average molecular weight is 449 g/mol. The number of hydrogen-bond donors (Lipinski definition) is 1. The molecular formula is C24H17FN2O2S2. The molecule has 1 heterocycles. The minimum absolute atomic E-state index is 0.202. The Labute approximate surface area is 188 Å². The number of amides is 2. The summed E-state index contributed by atoms with van der Waals surface area (Å²) in [6, 6.07) is 23.3. The minimum Gasteiger partial charge on any atom is -0.325 e. The molecule has 31 heavy (non-hydrogen) atoms. The van der Waals surface area contributed by atoms with Crippen molar-refractivity contribution >= 4 is 51.9 Å². The van der Waals surface area contributed by atoms with Gasteiger partial charge in [-0.1, -0.05) is 78.6 Å². The Bertz CT molecular complexity index is 1160. The second-order valence-corrected chi connectivity index (χ2v) is 8.49. The Morgan fingerprint density at radius 2 is 1.61 bits per heavy atom. The molecule has 4 nitrogen and oxygen atoms in total. The molecule has 0 aromatic heterocycles. The van der Waals surface area contributed by atoms with Crippen LogP contribution in [0.5, 0.6) is 0 Å². The summed E-state index contributed by atoms with van der Waals surface area (Å²) in [5, 5.41) is 2.64. The number of nitrogens with one attached hydrogen (secondary N) is 1. The third-order valence-electron chi connectivity index (χ3n) is 4.62. The van der Waals surface area contributed by atoms with E-state index in [9.17, 15) is 14.0 Å². The normalized spacial score (nSPS) is 14.9. The lowest BCUT2D eigenvalue weighted by atomic mass is 10.0. The maximum atomic E-state index is 13.0. The molecule has 3 aromatic rings. The van der Waals surface area contributed by atoms with Crippen molar-refractivity contribution in [2.45, 2.75) is 0 Å². The number of nitrogens with zero attached hydrogens (tertiary/aromatic N) is 1. The molecule has 1 saturated heterocycles. The summed E-state index contributed by atoms with van der Waals surface area (Å²) in [5.74, 6) is -1.11. The van der Waals surface area contributed by atoms with Crippen molar-refractivity contribution in [3.63, 3.8) is 0 Å². The van der Waals surface area contributed by atoms with Crippen LogP contribution in [0.15, 0.2) is 83.8 Å². The largest absolute Gasteiger partial charge is 0.325 e. The predicted octanol–water partition coefficient (Wildman–Crippen LogP) is 5.33. The molecule has 4 rings (SSSR count). The van der Waals surface area contributed by atoms with Gasteiger partial charge in [0.15, 0.2) is 0 Å². The van der Waals surface area contributed by atoms with E-state index in [0.29, 0.717) is 14.9 Å². The van der Waals surface area contributed by atoms with E-state index in [1.165, 1.54) is 40.9 Å². The first-order valence-electron chi connectivity index (χ1n) is 9.46. The maximum absolute atomic E-state index is 13.0. The number of thioether (sulfide) groups is 1. The van der Waals surface area contributed by atoms with E-state index in [-0.39, 0.29) is 12.5 Å². The first kappa shape index (κ1) is 21.0. The Balaban J connectivity index is 1.43. The van der Waals surface area contributed by atoms with Gasteiger partial charge in [-0.25, -0.2) is 4.39 Å². The van der Waals surface area contributed by atoms with Crippen molar-refractivity contribution in [1.82, 2.24) is 4.90 Å². The van der Waals surface area contributed by atoms with Crippen LogP contribution in [0.3, 0.4) is 0 Å². The first-order valence-corrected chi connectivity index (χ1v) is 10.7. The molecule has 154 valence electrons. The molecule has 1 fully saturated rings. The number of carbonyl (C=O) groups is 2. The van der Waals surface area contributed by atoms with Crippen LogP contribution in [-0.4, -0.2) is 27.6 Å². The number of carbonyl (C=O) groups excluding carboxylic acids is 2. The fourth-order valence-corrected chi connectivity index (χ4v) is 4.32. The number of halogens is 1. The highest BCUT2D eigenvalue weighted by Crippen LogP contribution is 2.32. The summed E-state index contributed by atoms with van der Waals surface area (Å²) >= 11 is 6.46. The topological polar surface area (TPSA) is 49.4 Å². The summed E-state index contributed by atoms with van der Waals surface area (Å²) in [6.07, 6.45) is 1.77. The highest BCUT2D eigenvalue weighted by atomic mass is 32.2. The van der Waals surface area contributed by atoms with E-state index in [2.05, 4.69) is 5.32 Å². The molecule has 0 spiro atoms. The Kier molecular flexibility index (Phi) is 6.25. The van der Waals surface area contributed by atoms with Gasteiger partial charge >= 0.3 is 0 Å². The zero-order valence-corrected chi connectivity index (χ0v) is 17.9. The molecule has 0 aliphatic carbocycles. The molecule has 1 aliphatic heterocycles. The molecule has 0 bridgehead atoms. The zero-order valence-electron chi connectivity index (χ0n) is 16.2. The number of thiocarbonyl (C=S) groups is 1. The number of rotatable bonds is 5. The molecule has 1 aliphatic rings. The lowest BCUT2D eigenvalue weighted by Crippen LogP contribution is -2.36. The molecule has 0 radical (unpaired) electrons. The molecule has 7 heteroatoms. The highest BCUT2D eigenvalue weighted by Gasteiger charge is 2.33. The molecule has 0 unspecified atom stereocenters. The molecule has 0 saturated carbocycles. The fourth-order valence-electron chi connectivity index (χ4n) is 3.07. The van der Waals surface area contributed by atoms with Crippen molar-refractivity contribution in [2.75, 3.05) is 11.9 Å². The summed E-state index contributed by atoms with van der Waals surface area (Å²) < 4.78 is 13.3. The standard InChI is InChI=1S/C24H17FN2O2S2/c25-19-10-12-20(13-11-19)26-22(28)15-27-23(29)21(31-24(27)30)14-16-6-8-18(9-7-16)17-4-2-1-3-5-17/h1-14H,15H2,(H,26,28)/b21-14-. The van der Waals surface area contributed by atoms with E-state index in [1.54, 1.807) is 6.08 Å². The number of anilines is 1. The number of hydrogen-bond acceptors (Lipinski definition) is 4. The van der Waals surface area contributed by atoms with Gasteiger partial charge in [0.1, 0.15) is 16.7 Å². The third-order valence-corrected chi connectivity index (χ3v) is 6.00. The Morgan fingerprint density at radius 3 is 2.29 bits per heavy atom. The average Bonchev–Trinajstić information content (AvgIpc) is 3.04. The quantitative estimate of drug-likeness (QED) is 0.423. The lowest BCUT2D eigenvalue weighted by molar-refractivity contribution is -0.126. The second kappa shape index (κ2) is 9.24. The van der Waals surface area contributed by atoms with Crippen LogP contribution in [0, 0.1) is 5.82 Å². The summed E-state index contributed by atoms with van der Waals surface area (Å²) in [7, 11) is 0. The predicted molar refractivity (Wildman–Crippen MR) is 127 cm³/mol. The Hall–Kier alpha value is -3.29. The van der Waals surface area contributed by atoms with Gasteiger partial charge in [0.2, 0.25) is 5.91 Å². The lowest BCUT2D eigenvalue weighted by Gasteiger charge is -2.14. The monoisotopic (exact) mass is 448 g/mol. The smallest absolute Gasteiger partial charge is 0.266 e. The van der Waals surface area contributed by atoms with E-state index in [0.717, 1.165) is 16.7 Å². The first-order chi connectivity index (χ1) is 15.0. The molecular weight excluding hydrogens is 431 g/mol. The van der Waals surface area contributed by atoms with Crippen molar-refractivity contribution < 1.29 is 14.0 Å². The SMILES string of the molecule is O=C(CN1C(=O)/C(=C/c2ccc(-c3ccccc3)cc2)SC1=S)Nc1ccc(F)cc1. The maximum Gasteiger partial charge on any atom is 0.266 e. The van der Waals surface area contributed by atoms with Crippen LogP contribution >= 0.6 is 24.0 Å². The van der Waals surface area contributed by atoms with Crippen LogP contribution in [0.4, 0.5) is 10.1 Å². The molecule has 2 amide bonds. The van der Waals surface area contributed by atoms with Gasteiger partial charge in [-0.2, -0.15) is 0 Å². The van der Waals surface area contributed by atoms with Gasteiger partial charge in [-0.15, -0.1) is 0 Å². The summed E-state index contributed by atoms with van der Waals surface area (Å²) in [5.41, 5.74) is 3.53. The van der Waals surface area contributed by atoms with Crippen LogP contribution in [0.2, 0.25) is 0 Å². The van der Waals surface area contributed by atoms with Crippen molar-refractivity contribution in [3.8, 4) is 11.1 Å². The van der Waals surface area contributed by atoms with E-state index in [4.69, 9.17) is 12.2 Å². The van der Waals surface area contributed by atoms with Gasteiger partial charge in [0.25, 0.3) is 5.91 Å². The zero-order chi connectivity index (χ0) is 21.8. The highest BCUT2D eigenvalue weighted by molar-refractivity contribution is 8.26. The minimum atomic E-state index is -0.406. The Morgan fingerprint density at radius 1 is 0.968 bits per heavy atom. The van der Waals surface area contributed by atoms with Crippen LogP contribution in [0.1, 0.15) is 5.56 Å². The summed E-state index contributed by atoms with van der Waals surface area (Å²) in [4.78, 5) is 26.8.